The number of rotatable bonds is 7. The van der Waals surface area contributed by atoms with Gasteiger partial charge in [0.2, 0.25) is 5.91 Å². The van der Waals surface area contributed by atoms with Crippen molar-refractivity contribution in [3.63, 3.8) is 0 Å². The van der Waals surface area contributed by atoms with Crippen LogP contribution >= 0.6 is 11.3 Å². The number of hydrogen-bond donors (Lipinski definition) is 2. The topological polar surface area (TPSA) is 70.6 Å². The lowest BCUT2D eigenvalue weighted by Crippen LogP contribution is -2.32. The number of thiophene rings is 1. The van der Waals surface area contributed by atoms with E-state index in [1.54, 1.807) is 30.5 Å². The minimum atomic E-state index is -0.448. The lowest BCUT2D eigenvalue weighted by atomic mass is 10.0. The lowest BCUT2D eigenvalue weighted by molar-refractivity contribution is -0.121. The first-order chi connectivity index (χ1) is 13.2. The van der Waals surface area contributed by atoms with Gasteiger partial charge in [0.25, 0.3) is 5.91 Å². The zero-order chi connectivity index (χ0) is 18.9. The standard InChI is InChI=1S/C21H19N3O2S/c25-20(24-22-15-18-12-7-13-27-18)14-19(16-8-3-1-4-9-16)23-21(26)17-10-5-2-6-11-17/h1-13,15,19H,14H2,(H,23,26)(H,24,25)/b22-15-/t19-/m1/s1. The molecule has 27 heavy (non-hydrogen) atoms. The Kier molecular flexibility index (Phi) is 6.49. The van der Waals surface area contributed by atoms with Crippen molar-refractivity contribution >= 4 is 29.4 Å². The molecular weight excluding hydrogens is 358 g/mol. The van der Waals surface area contributed by atoms with E-state index in [-0.39, 0.29) is 18.2 Å². The second-order valence-electron chi connectivity index (χ2n) is 5.82. The van der Waals surface area contributed by atoms with Gasteiger partial charge in [-0.2, -0.15) is 5.10 Å². The molecular formula is C21H19N3O2S. The van der Waals surface area contributed by atoms with Crippen molar-refractivity contribution in [3.05, 3.63) is 94.2 Å². The summed E-state index contributed by atoms with van der Waals surface area (Å²) in [6.45, 7) is 0. The summed E-state index contributed by atoms with van der Waals surface area (Å²) in [6.07, 6.45) is 1.69. The molecule has 0 aliphatic heterocycles. The van der Waals surface area contributed by atoms with Gasteiger partial charge < -0.3 is 5.32 Å². The Morgan fingerprint density at radius 3 is 2.33 bits per heavy atom. The first kappa shape index (κ1) is 18.5. The minimum Gasteiger partial charge on any atom is -0.345 e. The van der Waals surface area contributed by atoms with Crippen LogP contribution in [-0.4, -0.2) is 18.0 Å². The van der Waals surface area contributed by atoms with E-state index in [1.807, 2.05) is 53.9 Å². The molecule has 0 aliphatic carbocycles. The van der Waals surface area contributed by atoms with Crippen LogP contribution in [0.25, 0.3) is 0 Å². The predicted molar refractivity (Wildman–Crippen MR) is 108 cm³/mol. The smallest absolute Gasteiger partial charge is 0.251 e. The van der Waals surface area contributed by atoms with Crippen LogP contribution in [0.3, 0.4) is 0 Å². The van der Waals surface area contributed by atoms with E-state index < -0.39 is 6.04 Å². The van der Waals surface area contributed by atoms with E-state index in [0.29, 0.717) is 5.56 Å². The maximum Gasteiger partial charge on any atom is 0.251 e. The number of nitrogens with zero attached hydrogens (tertiary/aromatic N) is 1. The summed E-state index contributed by atoms with van der Waals surface area (Å²) in [5.41, 5.74) is 3.93. The summed E-state index contributed by atoms with van der Waals surface area (Å²) in [5, 5.41) is 8.84. The molecule has 1 heterocycles. The Labute approximate surface area is 161 Å². The molecule has 0 aliphatic rings. The molecule has 0 saturated carbocycles. The predicted octanol–water partition coefficient (Wildman–Crippen LogP) is 3.76. The van der Waals surface area contributed by atoms with Gasteiger partial charge in [-0.1, -0.05) is 54.6 Å². The molecule has 1 aromatic heterocycles. The second-order valence-corrected chi connectivity index (χ2v) is 6.79. The molecule has 0 unspecified atom stereocenters. The third-order valence-electron chi connectivity index (χ3n) is 3.86. The van der Waals surface area contributed by atoms with Gasteiger partial charge >= 0.3 is 0 Å². The zero-order valence-corrected chi connectivity index (χ0v) is 15.4. The summed E-state index contributed by atoms with van der Waals surface area (Å²) < 4.78 is 0. The molecule has 0 bridgehead atoms. The molecule has 2 aromatic carbocycles. The Morgan fingerprint density at radius 2 is 1.67 bits per heavy atom. The summed E-state index contributed by atoms with van der Waals surface area (Å²) >= 11 is 1.53. The summed E-state index contributed by atoms with van der Waals surface area (Å²) in [4.78, 5) is 25.8. The maximum absolute atomic E-state index is 12.5. The summed E-state index contributed by atoms with van der Waals surface area (Å²) in [7, 11) is 0. The van der Waals surface area contributed by atoms with Gasteiger partial charge in [0.05, 0.1) is 18.7 Å². The number of nitrogens with one attached hydrogen (secondary N) is 2. The van der Waals surface area contributed by atoms with Gasteiger partial charge in [-0.3, -0.25) is 9.59 Å². The van der Waals surface area contributed by atoms with Crippen molar-refractivity contribution < 1.29 is 9.59 Å². The van der Waals surface area contributed by atoms with Crippen LogP contribution in [0.5, 0.6) is 0 Å². The quantitative estimate of drug-likeness (QED) is 0.486. The second kappa shape index (κ2) is 9.45. The SMILES string of the molecule is O=C(C[C@@H](NC(=O)c1ccccc1)c1ccccc1)N/N=C\c1cccs1. The molecule has 0 fully saturated rings. The molecule has 2 N–H and O–H groups in total. The fourth-order valence-electron chi connectivity index (χ4n) is 2.53. The van der Waals surface area contributed by atoms with Crippen LogP contribution in [0, 0.1) is 0 Å². The van der Waals surface area contributed by atoms with Crippen molar-refractivity contribution in [1.29, 1.82) is 0 Å². The van der Waals surface area contributed by atoms with E-state index in [0.717, 1.165) is 10.4 Å². The van der Waals surface area contributed by atoms with Crippen LogP contribution in [0.2, 0.25) is 0 Å². The highest BCUT2D eigenvalue weighted by Gasteiger charge is 2.19. The Balaban J connectivity index is 1.66. The lowest BCUT2D eigenvalue weighted by Gasteiger charge is -2.18. The largest absolute Gasteiger partial charge is 0.345 e. The van der Waals surface area contributed by atoms with Crippen LogP contribution < -0.4 is 10.7 Å². The highest BCUT2D eigenvalue weighted by molar-refractivity contribution is 7.11. The Bertz CT molecular complexity index is 894. The van der Waals surface area contributed by atoms with E-state index in [1.165, 1.54) is 11.3 Å². The van der Waals surface area contributed by atoms with Crippen LogP contribution in [0.15, 0.2) is 83.3 Å². The Hall–Kier alpha value is -3.25. The van der Waals surface area contributed by atoms with Crippen LogP contribution in [0.4, 0.5) is 0 Å². The van der Waals surface area contributed by atoms with Crippen molar-refractivity contribution in [2.45, 2.75) is 12.5 Å². The van der Waals surface area contributed by atoms with Crippen molar-refractivity contribution in [1.82, 2.24) is 10.7 Å². The maximum atomic E-state index is 12.5. The highest BCUT2D eigenvalue weighted by Crippen LogP contribution is 2.17. The molecule has 0 radical (unpaired) electrons. The van der Waals surface area contributed by atoms with Gasteiger partial charge in [-0.25, -0.2) is 5.43 Å². The van der Waals surface area contributed by atoms with Gasteiger partial charge in [0.15, 0.2) is 0 Å². The molecule has 136 valence electrons. The minimum absolute atomic E-state index is 0.0877. The van der Waals surface area contributed by atoms with Gasteiger partial charge in [0, 0.05) is 10.4 Å². The number of amides is 2. The molecule has 1 atom stereocenters. The monoisotopic (exact) mass is 377 g/mol. The van der Waals surface area contributed by atoms with E-state index in [4.69, 9.17) is 0 Å². The molecule has 0 spiro atoms. The molecule has 3 aromatic rings. The Morgan fingerprint density at radius 1 is 0.963 bits per heavy atom. The van der Waals surface area contributed by atoms with Gasteiger partial charge in [0.1, 0.15) is 0 Å². The third kappa shape index (κ3) is 5.62. The van der Waals surface area contributed by atoms with E-state index in [2.05, 4.69) is 15.8 Å². The summed E-state index contributed by atoms with van der Waals surface area (Å²) in [5.74, 6) is -0.496. The summed E-state index contributed by atoms with van der Waals surface area (Å²) in [6, 6.07) is 21.7. The number of carbonyl (C=O) groups is 2. The van der Waals surface area contributed by atoms with Gasteiger partial charge in [-0.15, -0.1) is 11.3 Å². The highest BCUT2D eigenvalue weighted by atomic mass is 32.1. The fraction of sp³-hybridized carbons (Fsp3) is 0.0952. The van der Waals surface area contributed by atoms with Gasteiger partial charge in [-0.05, 0) is 29.1 Å². The molecule has 3 rings (SSSR count). The molecule has 6 heteroatoms. The number of hydrazone groups is 1. The fourth-order valence-corrected chi connectivity index (χ4v) is 3.12. The van der Waals surface area contributed by atoms with Crippen LogP contribution in [-0.2, 0) is 4.79 Å². The first-order valence-electron chi connectivity index (χ1n) is 8.48. The zero-order valence-electron chi connectivity index (χ0n) is 14.5. The van der Waals surface area contributed by atoms with E-state index >= 15 is 0 Å². The van der Waals surface area contributed by atoms with Crippen molar-refractivity contribution in [2.24, 2.45) is 5.10 Å². The number of hydrogen-bond acceptors (Lipinski definition) is 4. The third-order valence-corrected chi connectivity index (χ3v) is 4.66. The number of carbonyl (C=O) groups excluding carboxylic acids is 2. The molecule has 5 nitrogen and oxygen atoms in total. The first-order valence-corrected chi connectivity index (χ1v) is 9.36. The average molecular weight is 377 g/mol. The molecule has 0 saturated heterocycles. The normalized spacial score (nSPS) is 11.9. The van der Waals surface area contributed by atoms with Crippen molar-refractivity contribution in [2.75, 3.05) is 0 Å². The van der Waals surface area contributed by atoms with Crippen LogP contribution in [0.1, 0.15) is 33.3 Å². The molecule has 2 amide bonds. The number of benzene rings is 2. The van der Waals surface area contributed by atoms with E-state index in [9.17, 15) is 9.59 Å². The van der Waals surface area contributed by atoms with Crippen molar-refractivity contribution in [3.8, 4) is 0 Å². The average Bonchev–Trinajstić information content (AvgIpc) is 3.22.